The van der Waals surface area contributed by atoms with E-state index in [4.69, 9.17) is 5.73 Å². The molecule has 2 aromatic rings. The molecule has 1 aliphatic carbocycles. The number of halogens is 1. The number of carbonyl (C=O) groups excluding carboxylic acids is 1. The fraction of sp³-hybridized carbons (Fsp3) is 0.333. The minimum Gasteiger partial charge on any atom is -0.346 e. The number of nitrogens with two attached hydrogens (primary N) is 1. The predicted octanol–water partition coefficient (Wildman–Crippen LogP) is 3.24. The van der Waals surface area contributed by atoms with Crippen LogP contribution < -0.4 is 11.1 Å². The quantitative estimate of drug-likeness (QED) is 0.873. The van der Waals surface area contributed by atoms with Gasteiger partial charge in [0, 0.05) is 15.4 Å². The summed E-state index contributed by atoms with van der Waals surface area (Å²) in [5.74, 6) is -0.0737. The number of carbonyl (C=O) groups is 1. The molecule has 110 valence electrons. The zero-order valence-corrected chi connectivity index (χ0v) is 14.0. The molecule has 0 aliphatic heterocycles. The van der Waals surface area contributed by atoms with Crippen LogP contribution in [0.15, 0.2) is 34.1 Å². The van der Waals surface area contributed by atoms with Crippen molar-refractivity contribution in [2.24, 2.45) is 5.73 Å². The number of nitrogens with one attached hydrogen (secondary N) is 1. The van der Waals surface area contributed by atoms with Crippen molar-refractivity contribution in [3.63, 3.8) is 0 Å². The van der Waals surface area contributed by atoms with E-state index < -0.39 is 5.54 Å². The van der Waals surface area contributed by atoms with Crippen molar-refractivity contribution < 1.29 is 4.79 Å². The molecule has 0 bridgehead atoms. The van der Waals surface area contributed by atoms with Gasteiger partial charge in [-0.2, -0.15) is 0 Å². The molecule has 0 radical (unpaired) electrons. The third-order valence-electron chi connectivity index (χ3n) is 3.62. The van der Waals surface area contributed by atoms with Gasteiger partial charge in [0.1, 0.15) is 5.01 Å². The molecule has 1 fully saturated rings. The van der Waals surface area contributed by atoms with Crippen LogP contribution in [0.3, 0.4) is 0 Å². The van der Waals surface area contributed by atoms with Crippen LogP contribution in [0.4, 0.5) is 0 Å². The Morgan fingerprint density at radius 1 is 1.43 bits per heavy atom. The summed E-state index contributed by atoms with van der Waals surface area (Å²) in [6, 6.07) is 7.90. The summed E-state index contributed by atoms with van der Waals surface area (Å²) < 4.78 is 1.04. The van der Waals surface area contributed by atoms with Gasteiger partial charge in [-0.05, 0) is 31.9 Å². The molecule has 0 saturated heterocycles. The number of benzene rings is 1. The summed E-state index contributed by atoms with van der Waals surface area (Å²) in [4.78, 5) is 16.6. The first-order valence-corrected chi connectivity index (χ1v) is 8.46. The van der Waals surface area contributed by atoms with Gasteiger partial charge in [0.2, 0.25) is 5.91 Å². The second-order valence-electron chi connectivity index (χ2n) is 5.43. The average molecular weight is 366 g/mol. The van der Waals surface area contributed by atoms with Crippen LogP contribution in [0.5, 0.6) is 0 Å². The van der Waals surface area contributed by atoms with Crippen LogP contribution >= 0.6 is 27.3 Å². The molecule has 1 saturated carbocycles. The number of hydrogen-bond acceptors (Lipinski definition) is 4. The summed E-state index contributed by atoms with van der Waals surface area (Å²) in [5.41, 5.74) is 7.25. The smallest absolute Gasteiger partial charge is 0.240 e. The number of aromatic nitrogens is 1. The molecule has 1 aromatic carbocycles. The van der Waals surface area contributed by atoms with Gasteiger partial charge in [0.25, 0.3) is 0 Å². The van der Waals surface area contributed by atoms with E-state index in [1.807, 2.05) is 36.6 Å². The Balaban J connectivity index is 1.72. The molecular weight excluding hydrogens is 350 g/mol. The van der Waals surface area contributed by atoms with E-state index in [1.54, 1.807) is 11.3 Å². The molecule has 1 amide bonds. The van der Waals surface area contributed by atoms with E-state index in [2.05, 4.69) is 26.2 Å². The van der Waals surface area contributed by atoms with E-state index in [0.717, 1.165) is 33.6 Å². The third-order valence-corrected chi connectivity index (χ3v) is 5.18. The first-order valence-electron chi connectivity index (χ1n) is 6.79. The minimum absolute atomic E-state index is 0.0737. The maximum Gasteiger partial charge on any atom is 0.240 e. The van der Waals surface area contributed by atoms with Crippen molar-refractivity contribution in [2.45, 2.75) is 31.3 Å². The molecule has 4 nitrogen and oxygen atoms in total. The molecule has 1 heterocycles. The summed E-state index contributed by atoms with van der Waals surface area (Å²) in [6.07, 6.45) is 1.54. The van der Waals surface area contributed by atoms with E-state index in [1.165, 1.54) is 0 Å². The van der Waals surface area contributed by atoms with Crippen molar-refractivity contribution >= 4 is 33.2 Å². The molecule has 3 N–H and O–H groups in total. The van der Waals surface area contributed by atoms with Crippen LogP contribution in [0.1, 0.15) is 30.8 Å². The fourth-order valence-corrected chi connectivity index (χ4v) is 3.10. The monoisotopic (exact) mass is 365 g/mol. The summed E-state index contributed by atoms with van der Waals surface area (Å²) >= 11 is 4.97. The minimum atomic E-state index is -0.639. The van der Waals surface area contributed by atoms with E-state index in [0.29, 0.717) is 0 Å². The number of rotatable bonds is 4. The Kier molecular flexibility index (Phi) is 3.86. The lowest BCUT2D eigenvalue weighted by atomic mass is 10.2. The maximum absolute atomic E-state index is 12.0. The maximum atomic E-state index is 12.0. The zero-order chi connectivity index (χ0) is 15.0. The molecule has 6 heteroatoms. The molecule has 0 spiro atoms. The Hall–Kier alpha value is -1.24. The van der Waals surface area contributed by atoms with Gasteiger partial charge in [-0.3, -0.25) is 4.79 Å². The number of nitrogens with zero attached hydrogens (tertiary/aromatic N) is 1. The Morgan fingerprint density at radius 3 is 2.71 bits per heavy atom. The lowest BCUT2D eigenvalue weighted by Gasteiger charge is -2.14. The highest BCUT2D eigenvalue weighted by atomic mass is 79.9. The number of hydrogen-bond donors (Lipinski definition) is 2. The first-order chi connectivity index (χ1) is 9.98. The third kappa shape index (κ3) is 3.17. The molecule has 1 aliphatic rings. The van der Waals surface area contributed by atoms with Crippen molar-refractivity contribution in [3.8, 4) is 11.3 Å². The van der Waals surface area contributed by atoms with Crippen LogP contribution in [-0.4, -0.2) is 16.4 Å². The fourth-order valence-electron chi connectivity index (χ4n) is 2.00. The summed E-state index contributed by atoms with van der Waals surface area (Å²) in [6.45, 7) is 1.94. The summed E-state index contributed by atoms with van der Waals surface area (Å²) in [5, 5.41) is 5.85. The molecule has 3 rings (SSSR count). The van der Waals surface area contributed by atoms with Crippen LogP contribution in [0.2, 0.25) is 0 Å². The van der Waals surface area contributed by atoms with Gasteiger partial charge in [0.05, 0.1) is 17.3 Å². The molecular formula is C15H16BrN3OS. The van der Waals surface area contributed by atoms with Gasteiger partial charge in [0.15, 0.2) is 0 Å². The van der Waals surface area contributed by atoms with Crippen molar-refractivity contribution in [2.75, 3.05) is 0 Å². The van der Waals surface area contributed by atoms with Crippen molar-refractivity contribution in [1.82, 2.24) is 10.3 Å². The van der Waals surface area contributed by atoms with Crippen molar-refractivity contribution in [3.05, 3.63) is 39.1 Å². The number of thiazole rings is 1. The Morgan fingerprint density at radius 2 is 2.10 bits per heavy atom. The lowest BCUT2D eigenvalue weighted by Crippen LogP contribution is -2.43. The summed E-state index contributed by atoms with van der Waals surface area (Å²) in [7, 11) is 0. The molecule has 1 aromatic heterocycles. The van der Waals surface area contributed by atoms with E-state index in [-0.39, 0.29) is 11.9 Å². The number of amides is 1. The molecule has 1 unspecified atom stereocenters. The lowest BCUT2D eigenvalue weighted by molar-refractivity contribution is -0.123. The second-order valence-corrected chi connectivity index (χ2v) is 7.23. The average Bonchev–Trinajstić information content (AvgIpc) is 3.03. The zero-order valence-electron chi connectivity index (χ0n) is 11.6. The predicted molar refractivity (Wildman–Crippen MR) is 88.0 cm³/mol. The van der Waals surface area contributed by atoms with Gasteiger partial charge in [-0.1, -0.05) is 28.1 Å². The second kappa shape index (κ2) is 5.51. The topological polar surface area (TPSA) is 68.0 Å². The molecule has 21 heavy (non-hydrogen) atoms. The van der Waals surface area contributed by atoms with Gasteiger partial charge in [-0.15, -0.1) is 11.3 Å². The highest BCUT2D eigenvalue weighted by molar-refractivity contribution is 9.10. The van der Waals surface area contributed by atoms with Gasteiger partial charge < -0.3 is 11.1 Å². The highest BCUT2D eigenvalue weighted by Gasteiger charge is 2.46. The Bertz CT molecular complexity index is 664. The first kappa shape index (κ1) is 14.7. The standard InChI is InChI=1S/C15H16BrN3OS/c1-9(18-14(20)15(17)6-7-15)13-19-12(8-21-13)10-2-4-11(16)5-3-10/h2-5,8-9H,6-7,17H2,1H3,(H,18,20). The van der Waals surface area contributed by atoms with Crippen molar-refractivity contribution in [1.29, 1.82) is 0 Å². The van der Waals surface area contributed by atoms with E-state index >= 15 is 0 Å². The van der Waals surface area contributed by atoms with Gasteiger partial charge >= 0.3 is 0 Å². The molecule has 1 atom stereocenters. The van der Waals surface area contributed by atoms with Gasteiger partial charge in [-0.25, -0.2) is 4.98 Å². The van der Waals surface area contributed by atoms with Crippen LogP contribution in [0.25, 0.3) is 11.3 Å². The van der Waals surface area contributed by atoms with Crippen LogP contribution in [0, 0.1) is 0 Å². The SMILES string of the molecule is CC(NC(=O)C1(N)CC1)c1nc(-c2ccc(Br)cc2)cs1. The van der Waals surface area contributed by atoms with E-state index in [9.17, 15) is 4.79 Å². The normalized spacial score (nSPS) is 17.3. The highest BCUT2D eigenvalue weighted by Crippen LogP contribution is 2.33. The van der Waals surface area contributed by atoms with Crippen LogP contribution in [-0.2, 0) is 4.79 Å². The Labute approximate surface area is 135 Å². The largest absolute Gasteiger partial charge is 0.346 e.